The van der Waals surface area contributed by atoms with E-state index >= 15 is 0 Å². The number of hydrogen-bond donors (Lipinski definition) is 2. The Morgan fingerprint density at radius 2 is 1.94 bits per heavy atom. The monoisotopic (exact) mass is 476 g/mol. The molecule has 9 nitrogen and oxygen atoms in total. The zero-order valence-corrected chi connectivity index (χ0v) is 19.3. The molecule has 3 aromatic rings. The predicted octanol–water partition coefficient (Wildman–Crippen LogP) is 3.07. The Kier molecular flexibility index (Phi) is 6.31. The summed E-state index contributed by atoms with van der Waals surface area (Å²) in [6.45, 7) is 4.70. The molecule has 3 heterocycles. The number of nitrogens with one attached hydrogen (secondary N) is 2. The number of anilines is 1. The summed E-state index contributed by atoms with van der Waals surface area (Å²) >= 11 is 1.19. The highest BCUT2D eigenvalue weighted by Gasteiger charge is 2.28. The van der Waals surface area contributed by atoms with Crippen LogP contribution in [0.15, 0.2) is 45.9 Å². The molecule has 1 aromatic carbocycles. The SMILES string of the molecule is CC(C)C(NC(=O)c1ccco1)C(=O)Nc1nc2ccc(S(=O)(=O)N3CCCC3)cc2s1. The van der Waals surface area contributed by atoms with Crippen LogP contribution in [0.4, 0.5) is 5.13 Å². The minimum atomic E-state index is -3.54. The number of fused-ring (bicyclic) bond motifs is 1. The number of sulfonamides is 1. The van der Waals surface area contributed by atoms with Gasteiger partial charge in [-0.2, -0.15) is 4.31 Å². The number of hydrogen-bond acceptors (Lipinski definition) is 7. The van der Waals surface area contributed by atoms with Crippen LogP contribution in [0.2, 0.25) is 0 Å². The van der Waals surface area contributed by atoms with Gasteiger partial charge < -0.3 is 15.1 Å². The molecule has 1 aliphatic heterocycles. The van der Waals surface area contributed by atoms with Crippen molar-refractivity contribution >= 4 is 48.5 Å². The molecule has 2 N–H and O–H groups in total. The summed E-state index contributed by atoms with van der Waals surface area (Å²) in [5, 5.41) is 5.75. The van der Waals surface area contributed by atoms with E-state index in [1.54, 1.807) is 24.3 Å². The molecule has 4 rings (SSSR count). The van der Waals surface area contributed by atoms with Crippen LogP contribution in [-0.2, 0) is 14.8 Å². The van der Waals surface area contributed by atoms with Gasteiger partial charge in [-0.15, -0.1) is 0 Å². The first kappa shape index (κ1) is 22.4. The molecular formula is C21H24N4O5S2. The molecule has 1 unspecified atom stereocenters. The van der Waals surface area contributed by atoms with Crippen molar-refractivity contribution in [3.63, 3.8) is 0 Å². The Morgan fingerprint density at radius 1 is 1.19 bits per heavy atom. The highest BCUT2D eigenvalue weighted by atomic mass is 32.2. The first-order chi connectivity index (χ1) is 15.3. The van der Waals surface area contributed by atoms with Crippen molar-refractivity contribution in [1.29, 1.82) is 0 Å². The summed E-state index contributed by atoms with van der Waals surface area (Å²) in [6.07, 6.45) is 3.12. The second-order valence-corrected chi connectivity index (χ2v) is 10.9. The fraction of sp³-hybridized carbons (Fsp3) is 0.381. The van der Waals surface area contributed by atoms with Crippen LogP contribution in [-0.4, -0.2) is 48.7 Å². The van der Waals surface area contributed by atoms with Gasteiger partial charge in [0.1, 0.15) is 6.04 Å². The van der Waals surface area contributed by atoms with E-state index in [9.17, 15) is 18.0 Å². The molecular weight excluding hydrogens is 452 g/mol. The molecule has 2 amide bonds. The molecule has 32 heavy (non-hydrogen) atoms. The smallest absolute Gasteiger partial charge is 0.287 e. The van der Waals surface area contributed by atoms with E-state index in [4.69, 9.17) is 4.42 Å². The lowest BCUT2D eigenvalue weighted by Gasteiger charge is -2.20. The fourth-order valence-electron chi connectivity index (χ4n) is 3.53. The van der Waals surface area contributed by atoms with Gasteiger partial charge >= 0.3 is 0 Å². The number of aromatic nitrogens is 1. The van der Waals surface area contributed by atoms with Crippen LogP contribution in [0, 0.1) is 5.92 Å². The number of nitrogens with zero attached hydrogens (tertiary/aromatic N) is 2. The Morgan fingerprint density at radius 3 is 2.59 bits per heavy atom. The molecule has 170 valence electrons. The van der Waals surface area contributed by atoms with Gasteiger partial charge in [-0.3, -0.25) is 9.59 Å². The van der Waals surface area contributed by atoms with Crippen molar-refractivity contribution in [2.45, 2.75) is 37.6 Å². The molecule has 0 spiro atoms. The van der Waals surface area contributed by atoms with Gasteiger partial charge in [-0.25, -0.2) is 13.4 Å². The van der Waals surface area contributed by atoms with Crippen LogP contribution in [0.5, 0.6) is 0 Å². The molecule has 1 fully saturated rings. The molecule has 2 aromatic heterocycles. The van der Waals surface area contributed by atoms with E-state index in [1.165, 1.54) is 28.0 Å². The van der Waals surface area contributed by atoms with E-state index in [1.807, 2.05) is 13.8 Å². The highest BCUT2D eigenvalue weighted by molar-refractivity contribution is 7.89. The zero-order chi connectivity index (χ0) is 22.9. The molecule has 11 heteroatoms. The van der Waals surface area contributed by atoms with Crippen molar-refractivity contribution in [2.75, 3.05) is 18.4 Å². The van der Waals surface area contributed by atoms with Crippen LogP contribution in [0.3, 0.4) is 0 Å². The average molecular weight is 477 g/mol. The van der Waals surface area contributed by atoms with E-state index in [0.29, 0.717) is 28.4 Å². The lowest BCUT2D eigenvalue weighted by molar-refractivity contribution is -0.118. The number of rotatable bonds is 7. The largest absolute Gasteiger partial charge is 0.459 e. The van der Waals surface area contributed by atoms with Gasteiger partial charge in [0, 0.05) is 13.1 Å². The third-order valence-corrected chi connectivity index (χ3v) is 8.10. The molecule has 0 radical (unpaired) electrons. The Labute approximate surface area is 189 Å². The first-order valence-electron chi connectivity index (χ1n) is 10.3. The maximum absolute atomic E-state index is 12.8. The van der Waals surface area contributed by atoms with Gasteiger partial charge in [0.15, 0.2) is 10.9 Å². The lowest BCUT2D eigenvalue weighted by Crippen LogP contribution is -2.47. The normalized spacial score (nSPS) is 15.8. The number of amides is 2. The van der Waals surface area contributed by atoms with E-state index < -0.39 is 27.9 Å². The molecule has 1 saturated heterocycles. The van der Waals surface area contributed by atoms with Gasteiger partial charge in [0.05, 0.1) is 21.4 Å². The van der Waals surface area contributed by atoms with Crippen LogP contribution >= 0.6 is 11.3 Å². The number of thiazole rings is 1. The van der Waals surface area contributed by atoms with Crippen LogP contribution < -0.4 is 10.6 Å². The summed E-state index contributed by atoms with van der Waals surface area (Å²) in [7, 11) is -3.54. The molecule has 0 saturated carbocycles. The van der Waals surface area contributed by atoms with E-state index in [0.717, 1.165) is 12.8 Å². The van der Waals surface area contributed by atoms with Crippen molar-refractivity contribution in [2.24, 2.45) is 5.92 Å². The Hall–Kier alpha value is -2.76. The van der Waals surface area contributed by atoms with Gasteiger partial charge in [0.2, 0.25) is 15.9 Å². The molecule has 1 aliphatic rings. The summed E-state index contributed by atoms with van der Waals surface area (Å²) in [4.78, 5) is 29.8. The predicted molar refractivity (Wildman–Crippen MR) is 121 cm³/mol. The van der Waals surface area contributed by atoms with E-state index in [-0.39, 0.29) is 16.6 Å². The third-order valence-electron chi connectivity index (χ3n) is 5.27. The standard InChI is InChI=1S/C21H24N4O5S2/c1-13(2)18(23-19(26)16-6-5-11-30-16)20(27)24-21-22-15-8-7-14(12-17(15)31-21)32(28,29)25-9-3-4-10-25/h5-8,11-13,18H,3-4,9-10H2,1-2H3,(H,23,26)(H,22,24,27). The number of carbonyl (C=O) groups excluding carboxylic acids is 2. The molecule has 0 aliphatic carbocycles. The minimum absolute atomic E-state index is 0.121. The van der Waals surface area contributed by atoms with Crippen LogP contribution in [0.1, 0.15) is 37.2 Å². The fourth-order valence-corrected chi connectivity index (χ4v) is 6.06. The zero-order valence-electron chi connectivity index (χ0n) is 17.7. The highest BCUT2D eigenvalue weighted by Crippen LogP contribution is 2.30. The van der Waals surface area contributed by atoms with Crippen molar-refractivity contribution in [3.8, 4) is 0 Å². The van der Waals surface area contributed by atoms with Gasteiger partial charge in [0.25, 0.3) is 5.91 Å². The summed E-state index contributed by atoms with van der Waals surface area (Å²) in [6, 6.07) is 7.09. The first-order valence-corrected chi connectivity index (χ1v) is 12.6. The van der Waals surface area contributed by atoms with E-state index in [2.05, 4.69) is 15.6 Å². The number of benzene rings is 1. The van der Waals surface area contributed by atoms with Crippen molar-refractivity contribution in [3.05, 3.63) is 42.4 Å². The molecule has 0 bridgehead atoms. The lowest BCUT2D eigenvalue weighted by atomic mass is 10.0. The molecule has 1 atom stereocenters. The van der Waals surface area contributed by atoms with Crippen molar-refractivity contribution in [1.82, 2.24) is 14.6 Å². The number of carbonyl (C=O) groups is 2. The van der Waals surface area contributed by atoms with Crippen LogP contribution in [0.25, 0.3) is 10.2 Å². The Balaban J connectivity index is 1.51. The second-order valence-electron chi connectivity index (χ2n) is 7.92. The number of furan rings is 1. The average Bonchev–Trinajstić information content (AvgIpc) is 3.52. The summed E-state index contributed by atoms with van der Waals surface area (Å²) in [5.74, 6) is -0.954. The third kappa shape index (κ3) is 4.54. The summed E-state index contributed by atoms with van der Waals surface area (Å²) < 4.78 is 32.9. The second kappa shape index (κ2) is 9.00. The van der Waals surface area contributed by atoms with Gasteiger partial charge in [-0.05, 0) is 49.1 Å². The summed E-state index contributed by atoms with van der Waals surface area (Å²) in [5.41, 5.74) is 0.589. The maximum Gasteiger partial charge on any atom is 0.287 e. The quantitative estimate of drug-likeness (QED) is 0.541. The Bertz CT molecular complexity index is 1230. The minimum Gasteiger partial charge on any atom is -0.459 e. The van der Waals surface area contributed by atoms with Crippen molar-refractivity contribution < 1.29 is 22.4 Å². The maximum atomic E-state index is 12.8. The topological polar surface area (TPSA) is 122 Å². The van der Waals surface area contributed by atoms with Gasteiger partial charge in [-0.1, -0.05) is 25.2 Å².